The Labute approximate surface area is 147 Å². The lowest BCUT2D eigenvalue weighted by Crippen LogP contribution is -2.08. The van der Waals surface area contributed by atoms with Crippen LogP contribution in [-0.4, -0.2) is 12.2 Å². The van der Waals surface area contributed by atoms with Crippen molar-refractivity contribution >= 4 is 11.8 Å². The summed E-state index contributed by atoms with van der Waals surface area (Å²) in [6, 6.07) is 27.9. The number of methoxy groups -OCH3 is 1. The average Bonchev–Trinajstić information content (AvgIpc) is 2.67. The molecule has 0 spiro atoms. The number of rotatable bonds is 6. The molecule has 0 amide bonds. The third-order valence-corrected chi connectivity index (χ3v) is 5.21. The summed E-state index contributed by atoms with van der Waals surface area (Å²) < 4.78 is 5.22. The van der Waals surface area contributed by atoms with Gasteiger partial charge in [-0.25, -0.2) is 0 Å². The number of aliphatic hydroxyl groups excluding tert-OH is 1. The van der Waals surface area contributed by atoms with Crippen LogP contribution in [0.25, 0.3) is 0 Å². The highest BCUT2D eigenvalue weighted by Crippen LogP contribution is 2.44. The van der Waals surface area contributed by atoms with Crippen LogP contribution in [-0.2, 0) is 0 Å². The van der Waals surface area contributed by atoms with E-state index in [1.165, 1.54) is 0 Å². The average molecular weight is 336 g/mol. The van der Waals surface area contributed by atoms with Gasteiger partial charge in [0.2, 0.25) is 0 Å². The van der Waals surface area contributed by atoms with E-state index < -0.39 is 6.10 Å². The molecular formula is C21H20O2S. The molecule has 0 aromatic heterocycles. The van der Waals surface area contributed by atoms with Crippen LogP contribution in [0.15, 0.2) is 89.8 Å². The lowest BCUT2D eigenvalue weighted by atomic mass is 10.0. The second-order valence-corrected chi connectivity index (χ2v) is 6.70. The molecule has 0 fully saturated rings. The van der Waals surface area contributed by atoms with Crippen LogP contribution in [0.5, 0.6) is 5.75 Å². The second kappa shape index (κ2) is 8.04. The van der Waals surface area contributed by atoms with E-state index in [4.69, 9.17) is 4.74 Å². The number of aliphatic hydroxyl groups is 1. The zero-order valence-electron chi connectivity index (χ0n) is 13.5. The molecule has 0 heterocycles. The molecule has 0 unspecified atom stereocenters. The van der Waals surface area contributed by atoms with Gasteiger partial charge in [0.05, 0.1) is 18.5 Å². The first-order valence-corrected chi connectivity index (χ1v) is 8.74. The van der Waals surface area contributed by atoms with E-state index in [0.717, 1.165) is 21.8 Å². The minimum absolute atomic E-state index is 0.0815. The van der Waals surface area contributed by atoms with Gasteiger partial charge in [-0.3, -0.25) is 0 Å². The molecule has 0 saturated heterocycles. The smallest absolute Gasteiger partial charge is 0.118 e. The third kappa shape index (κ3) is 3.99. The van der Waals surface area contributed by atoms with Crippen LogP contribution in [0, 0.1) is 0 Å². The molecule has 24 heavy (non-hydrogen) atoms. The van der Waals surface area contributed by atoms with Gasteiger partial charge in [-0.05, 0) is 35.4 Å². The van der Waals surface area contributed by atoms with Gasteiger partial charge in [-0.1, -0.05) is 60.7 Å². The van der Waals surface area contributed by atoms with Crippen LogP contribution in [0.2, 0.25) is 0 Å². The highest BCUT2D eigenvalue weighted by atomic mass is 32.2. The fourth-order valence-corrected chi connectivity index (χ4v) is 3.75. The number of hydrogen-bond donors (Lipinski definition) is 1. The maximum atomic E-state index is 11.0. The minimum Gasteiger partial charge on any atom is -0.497 e. The summed E-state index contributed by atoms with van der Waals surface area (Å²) in [7, 11) is 1.66. The summed E-state index contributed by atoms with van der Waals surface area (Å²) in [5.41, 5.74) is 2.03. The Kier molecular flexibility index (Phi) is 5.57. The minimum atomic E-state index is -0.583. The molecule has 3 heteroatoms. The zero-order chi connectivity index (χ0) is 16.8. The van der Waals surface area contributed by atoms with Gasteiger partial charge in [0, 0.05) is 4.90 Å². The number of benzene rings is 3. The molecule has 122 valence electrons. The van der Waals surface area contributed by atoms with E-state index in [1.54, 1.807) is 18.9 Å². The number of thioether (sulfide) groups is 1. The molecule has 0 aliphatic heterocycles. The Hall–Kier alpha value is -2.23. The summed E-state index contributed by atoms with van der Waals surface area (Å²) >= 11 is 1.66. The van der Waals surface area contributed by atoms with Crippen molar-refractivity contribution < 1.29 is 9.84 Å². The van der Waals surface area contributed by atoms with E-state index in [9.17, 15) is 5.11 Å². The van der Waals surface area contributed by atoms with Crippen molar-refractivity contribution in [2.75, 3.05) is 7.11 Å². The zero-order valence-corrected chi connectivity index (χ0v) is 14.3. The molecule has 2 atom stereocenters. The van der Waals surface area contributed by atoms with Crippen LogP contribution in [0.1, 0.15) is 22.5 Å². The highest BCUT2D eigenvalue weighted by molar-refractivity contribution is 7.99. The Balaban J connectivity index is 1.90. The molecule has 3 rings (SSSR count). The van der Waals surface area contributed by atoms with Crippen molar-refractivity contribution in [2.45, 2.75) is 16.2 Å². The molecule has 0 aliphatic carbocycles. The fraction of sp³-hybridized carbons (Fsp3) is 0.143. The van der Waals surface area contributed by atoms with Crippen LogP contribution in [0.3, 0.4) is 0 Å². The van der Waals surface area contributed by atoms with E-state index in [1.807, 2.05) is 72.8 Å². The summed E-state index contributed by atoms with van der Waals surface area (Å²) in [5, 5.41) is 10.9. The van der Waals surface area contributed by atoms with Gasteiger partial charge in [0.25, 0.3) is 0 Å². The quantitative estimate of drug-likeness (QED) is 0.622. The molecule has 1 N–H and O–H groups in total. The van der Waals surface area contributed by atoms with Crippen LogP contribution in [0.4, 0.5) is 0 Å². The van der Waals surface area contributed by atoms with Crippen molar-refractivity contribution in [3.63, 3.8) is 0 Å². The van der Waals surface area contributed by atoms with Gasteiger partial charge in [-0.2, -0.15) is 0 Å². The van der Waals surface area contributed by atoms with Crippen LogP contribution < -0.4 is 4.74 Å². The molecule has 0 bridgehead atoms. The maximum Gasteiger partial charge on any atom is 0.118 e. The first-order valence-electron chi connectivity index (χ1n) is 7.86. The van der Waals surface area contributed by atoms with Crippen molar-refractivity contribution in [2.24, 2.45) is 0 Å². The summed E-state index contributed by atoms with van der Waals surface area (Å²) in [6.07, 6.45) is -0.583. The summed E-state index contributed by atoms with van der Waals surface area (Å²) in [6.45, 7) is 0. The number of ether oxygens (including phenoxy) is 1. The molecule has 2 nitrogen and oxygen atoms in total. The monoisotopic (exact) mass is 336 g/mol. The molecular weight excluding hydrogens is 316 g/mol. The van der Waals surface area contributed by atoms with E-state index in [-0.39, 0.29) is 5.25 Å². The summed E-state index contributed by atoms with van der Waals surface area (Å²) in [4.78, 5) is 1.10. The van der Waals surface area contributed by atoms with Crippen molar-refractivity contribution in [1.29, 1.82) is 0 Å². The topological polar surface area (TPSA) is 29.5 Å². The van der Waals surface area contributed by atoms with E-state index >= 15 is 0 Å². The Morgan fingerprint density at radius 1 is 0.750 bits per heavy atom. The predicted molar refractivity (Wildman–Crippen MR) is 99.4 cm³/mol. The Morgan fingerprint density at radius 3 is 1.83 bits per heavy atom. The maximum absolute atomic E-state index is 11.0. The van der Waals surface area contributed by atoms with E-state index in [2.05, 4.69) is 12.1 Å². The first kappa shape index (κ1) is 16.6. The number of hydrogen-bond acceptors (Lipinski definition) is 3. The Bertz CT molecular complexity index is 742. The van der Waals surface area contributed by atoms with E-state index in [0.29, 0.717) is 0 Å². The van der Waals surface area contributed by atoms with Gasteiger partial charge >= 0.3 is 0 Å². The van der Waals surface area contributed by atoms with Crippen molar-refractivity contribution in [1.82, 2.24) is 0 Å². The first-order chi connectivity index (χ1) is 11.8. The molecule has 0 aliphatic rings. The van der Waals surface area contributed by atoms with Crippen molar-refractivity contribution in [3.8, 4) is 5.75 Å². The molecule has 0 radical (unpaired) electrons. The normalized spacial score (nSPS) is 13.2. The van der Waals surface area contributed by atoms with Gasteiger partial charge < -0.3 is 9.84 Å². The Morgan fingerprint density at radius 2 is 1.29 bits per heavy atom. The second-order valence-electron chi connectivity index (χ2n) is 5.48. The molecule has 3 aromatic rings. The van der Waals surface area contributed by atoms with Gasteiger partial charge in [0.15, 0.2) is 0 Å². The van der Waals surface area contributed by atoms with Gasteiger partial charge in [-0.15, -0.1) is 11.8 Å². The highest BCUT2D eigenvalue weighted by Gasteiger charge is 2.23. The van der Waals surface area contributed by atoms with Crippen molar-refractivity contribution in [3.05, 3.63) is 96.1 Å². The van der Waals surface area contributed by atoms with Gasteiger partial charge in [0.1, 0.15) is 5.75 Å². The molecule has 3 aromatic carbocycles. The lowest BCUT2D eigenvalue weighted by molar-refractivity contribution is 0.175. The fourth-order valence-electron chi connectivity index (χ4n) is 2.58. The standard InChI is InChI=1S/C21H20O2S/c1-23-18-12-14-19(15-13-18)24-21(17-10-6-3-7-11-17)20(22)16-8-4-2-5-9-16/h2-15,20-22H,1H3/t20-,21-/m0/s1. The molecule has 0 saturated carbocycles. The largest absolute Gasteiger partial charge is 0.497 e. The third-order valence-electron chi connectivity index (χ3n) is 3.88. The lowest BCUT2D eigenvalue weighted by Gasteiger charge is -2.23. The van der Waals surface area contributed by atoms with Crippen LogP contribution >= 0.6 is 11.8 Å². The predicted octanol–water partition coefficient (Wildman–Crippen LogP) is 5.26. The summed E-state index contributed by atoms with van der Waals surface area (Å²) in [5.74, 6) is 0.833. The SMILES string of the molecule is COc1ccc(S[C@@H](c2ccccc2)[C@@H](O)c2ccccc2)cc1.